The van der Waals surface area contributed by atoms with Gasteiger partial charge in [0, 0.05) is 11.3 Å². The van der Waals surface area contributed by atoms with E-state index in [1.54, 1.807) is 24.3 Å². The van der Waals surface area contributed by atoms with Crippen molar-refractivity contribution >= 4 is 69.6 Å². The maximum atomic E-state index is 12.1. The number of allylic oxidation sites excluding steroid dienone is 5. The van der Waals surface area contributed by atoms with Crippen LogP contribution < -0.4 is 5.32 Å². The molecule has 0 saturated carbocycles. The van der Waals surface area contributed by atoms with Crippen molar-refractivity contribution in [3.8, 4) is 0 Å². The smallest absolute Gasteiger partial charge is 0.267 e. The molecule has 0 heterocycles. The van der Waals surface area contributed by atoms with Crippen molar-refractivity contribution in [2.75, 3.05) is 5.32 Å². The van der Waals surface area contributed by atoms with Gasteiger partial charge in [-0.05, 0) is 12.1 Å². The number of para-hydroxylation sites is 1. The lowest BCUT2D eigenvalue weighted by Gasteiger charge is -2.07. The lowest BCUT2D eigenvalue weighted by atomic mass is 10.2. The second kappa shape index (κ2) is 6.42. The van der Waals surface area contributed by atoms with Crippen molar-refractivity contribution in [2.45, 2.75) is 0 Å². The molecule has 0 fully saturated rings. The highest BCUT2D eigenvalue weighted by Crippen LogP contribution is 2.46. The minimum absolute atomic E-state index is 0.0508. The number of hydrogen-bond donors (Lipinski definition) is 1. The number of carbonyl (C=O) groups is 1. The van der Waals surface area contributed by atoms with Crippen molar-refractivity contribution in [3.05, 3.63) is 61.1 Å². The average molecular weight is 369 g/mol. The van der Waals surface area contributed by atoms with E-state index in [4.69, 9.17) is 58.0 Å². The molecule has 1 aliphatic rings. The molecule has 0 aliphatic heterocycles. The van der Waals surface area contributed by atoms with Gasteiger partial charge in [0.1, 0.15) is 5.03 Å². The van der Waals surface area contributed by atoms with Crippen LogP contribution in [0.1, 0.15) is 0 Å². The zero-order chi connectivity index (χ0) is 14.9. The highest BCUT2D eigenvalue weighted by molar-refractivity contribution is 6.57. The quantitative estimate of drug-likeness (QED) is 0.684. The van der Waals surface area contributed by atoms with E-state index in [1.165, 1.54) is 0 Å². The second-order valence-corrected chi connectivity index (χ2v) is 5.65. The van der Waals surface area contributed by atoms with Crippen LogP contribution in [0.5, 0.6) is 0 Å². The molecule has 0 unspecified atom stereocenters. The van der Waals surface area contributed by atoms with Gasteiger partial charge in [-0.3, -0.25) is 4.79 Å². The van der Waals surface area contributed by atoms with E-state index in [-0.39, 0.29) is 30.7 Å². The van der Waals surface area contributed by atoms with Gasteiger partial charge < -0.3 is 5.32 Å². The van der Waals surface area contributed by atoms with Crippen LogP contribution in [0.4, 0.5) is 5.69 Å². The molecule has 0 atom stereocenters. The highest BCUT2D eigenvalue weighted by atomic mass is 35.5. The van der Waals surface area contributed by atoms with Crippen LogP contribution in [0.25, 0.3) is 0 Å². The van der Waals surface area contributed by atoms with Crippen LogP contribution in [0.15, 0.2) is 61.1 Å². The number of amides is 1. The standard InChI is InChI=1S/C13H6Cl5NO/c14-8-7(9(15)12(18)11(8)17)10(16)13(20)19-6-4-2-1-3-5-6/h1-5H,(H,19,20). The molecule has 1 aromatic rings. The third-order valence-corrected chi connectivity index (χ3v) is 4.63. The number of anilines is 1. The van der Waals surface area contributed by atoms with Crippen molar-refractivity contribution in [2.24, 2.45) is 0 Å². The predicted molar refractivity (Wildman–Crippen MR) is 85.4 cm³/mol. The van der Waals surface area contributed by atoms with Gasteiger partial charge in [0.25, 0.3) is 5.91 Å². The van der Waals surface area contributed by atoms with Crippen LogP contribution in [0, 0.1) is 0 Å². The minimum Gasteiger partial charge on any atom is -0.321 e. The largest absolute Gasteiger partial charge is 0.321 e. The fraction of sp³-hybridized carbons (Fsp3) is 0. The van der Waals surface area contributed by atoms with Crippen molar-refractivity contribution in [1.82, 2.24) is 0 Å². The molecular formula is C13H6Cl5NO. The van der Waals surface area contributed by atoms with Crippen molar-refractivity contribution in [3.63, 3.8) is 0 Å². The summed E-state index contributed by atoms with van der Waals surface area (Å²) < 4.78 is 0. The maximum Gasteiger partial charge on any atom is 0.267 e. The highest BCUT2D eigenvalue weighted by Gasteiger charge is 2.29. The minimum atomic E-state index is -0.556. The fourth-order valence-electron chi connectivity index (χ4n) is 1.52. The van der Waals surface area contributed by atoms with E-state index in [2.05, 4.69) is 5.32 Å². The predicted octanol–water partition coefficient (Wildman–Crippen LogP) is 5.51. The summed E-state index contributed by atoms with van der Waals surface area (Å²) in [4.78, 5) is 12.1. The summed E-state index contributed by atoms with van der Waals surface area (Å²) in [5.41, 5.74) is 0.713. The van der Waals surface area contributed by atoms with Crippen LogP contribution in [0.2, 0.25) is 0 Å². The lowest BCUT2D eigenvalue weighted by Crippen LogP contribution is -2.13. The number of benzene rings is 1. The Morgan fingerprint density at radius 2 is 1.35 bits per heavy atom. The van der Waals surface area contributed by atoms with Gasteiger partial charge in [-0.2, -0.15) is 0 Å². The van der Waals surface area contributed by atoms with Crippen molar-refractivity contribution in [1.29, 1.82) is 0 Å². The zero-order valence-corrected chi connectivity index (χ0v) is 13.5. The Hall–Kier alpha value is -0.640. The summed E-state index contributed by atoms with van der Waals surface area (Å²) in [7, 11) is 0. The van der Waals surface area contributed by atoms with E-state index in [9.17, 15) is 4.79 Å². The lowest BCUT2D eigenvalue weighted by molar-refractivity contribution is -0.112. The van der Waals surface area contributed by atoms with Gasteiger partial charge in [0.05, 0.1) is 20.1 Å². The van der Waals surface area contributed by atoms with Crippen molar-refractivity contribution < 1.29 is 4.79 Å². The number of halogens is 5. The third kappa shape index (κ3) is 3.00. The van der Waals surface area contributed by atoms with Gasteiger partial charge in [0.15, 0.2) is 0 Å². The molecule has 0 spiro atoms. The molecule has 7 heteroatoms. The number of rotatable bonds is 2. The Labute approximate surface area is 140 Å². The van der Waals surface area contributed by atoms with Crippen LogP contribution in [-0.4, -0.2) is 5.91 Å². The molecule has 1 aliphatic carbocycles. The topological polar surface area (TPSA) is 29.1 Å². The van der Waals surface area contributed by atoms with Crippen LogP contribution in [0.3, 0.4) is 0 Å². The number of nitrogens with one attached hydrogen (secondary N) is 1. The Morgan fingerprint density at radius 1 is 0.850 bits per heavy atom. The summed E-state index contributed by atoms with van der Waals surface area (Å²) >= 11 is 29.7. The van der Waals surface area contributed by atoms with Crippen LogP contribution in [-0.2, 0) is 4.79 Å². The normalized spacial score (nSPS) is 14.9. The molecule has 1 amide bonds. The Balaban J connectivity index is 2.34. The molecular weight excluding hydrogens is 363 g/mol. The van der Waals surface area contributed by atoms with Gasteiger partial charge in [-0.15, -0.1) is 0 Å². The first kappa shape index (κ1) is 15.7. The zero-order valence-electron chi connectivity index (χ0n) is 9.68. The van der Waals surface area contributed by atoms with Crippen LogP contribution >= 0.6 is 58.0 Å². The molecule has 2 rings (SSSR count). The summed E-state index contributed by atoms with van der Waals surface area (Å²) in [5, 5.41) is 2.67. The Morgan fingerprint density at radius 3 is 1.85 bits per heavy atom. The van der Waals surface area contributed by atoms with Gasteiger partial charge in [-0.25, -0.2) is 0 Å². The van der Waals surface area contributed by atoms with E-state index >= 15 is 0 Å². The molecule has 104 valence electrons. The number of hydrogen-bond acceptors (Lipinski definition) is 1. The monoisotopic (exact) mass is 367 g/mol. The second-order valence-electron chi connectivity index (χ2n) is 3.77. The van der Waals surface area contributed by atoms with E-state index in [1.807, 2.05) is 6.07 Å². The molecule has 0 saturated heterocycles. The van der Waals surface area contributed by atoms with Gasteiger partial charge in [0.2, 0.25) is 0 Å². The van der Waals surface area contributed by atoms with Gasteiger partial charge >= 0.3 is 0 Å². The third-order valence-electron chi connectivity index (χ3n) is 2.47. The number of carbonyl (C=O) groups excluding carboxylic acids is 1. The first-order valence-electron chi connectivity index (χ1n) is 5.31. The van der Waals surface area contributed by atoms with Gasteiger partial charge in [-0.1, -0.05) is 76.2 Å². The molecule has 1 N–H and O–H groups in total. The molecule has 0 bridgehead atoms. The first-order valence-corrected chi connectivity index (χ1v) is 7.20. The molecule has 2 nitrogen and oxygen atoms in total. The Kier molecular flexibility index (Phi) is 5.05. The maximum absolute atomic E-state index is 12.1. The molecule has 20 heavy (non-hydrogen) atoms. The van der Waals surface area contributed by atoms with E-state index in [0.717, 1.165) is 0 Å². The molecule has 0 aromatic heterocycles. The summed E-state index contributed by atoms with van der Waals surface area (Å²) in [5.74, 6) is -0.556. The summed E-state index contributed by atoms with van der Waals surface area (Å²) in [6, 6.07) is 8.82. The molecule has 1 aromatic carbocycles. The summed E-state index contributed by atoms with van der Waals surface area (Å²) in [6.45, 7) is 0. The van der Waals surface area contributed by atoms with E-state index in [0.29, 0.717) is 5.69 Å². The fourth-order valence-corrected chi connectivity index (χ4v) is 2.95. The molecule has 0 radical (unpaired) electrons. The Bertz CT molecular complexity index is 635. The van der Waals surface area contributed by atoms with E-state index < -0.39 is 5.91 Å². The first-order chi connectivity index (χ1) is 9.43. The SMILES string of the molecule is O=C(Nc1ccccc1)C(Cl)=C1C(Cl)=C(Cl)C(Cl)=C1Cl. The summed E-state index contributed by atoms with van der Waals surface area (Å²) in [6.07, 6.45) is 0. The average Bonchev–Trinajstić information content (AvgIpc) is 2.63.